The zero-order valence-electron chi connectivity index (χ0n) is 12.0. The van der Waals surface area contributed by atoms with Crippen molar-refractivity contribution in [2.75, 3.05) is 19.4 Å². The van der Waals surface area contributed by atoms with E-state index in [1.807, 2.05) is 23.9 Å². The zero-order chi connectivity index (χ0) is 13.8. The highest BCUT2D eigenvalue weighted by Crippen LogP contribution is 2.37. The first-order valence-corrected chi connectivity index (χ1v) is 8.37. The van der Waals surface area contributed by atoms with E-state index >= 15 is 0 Å². The fraction of sp³-hybridized carbons (Fsp3) is 0.562. The number of rotatable bonds is 4. The van der Waals surface area contributed by atoms with Gasteiger partial charge in [0.2, 0.25) is 0 Å². The molecule has 0 atom stereocenters. The molecule has 20 heavy (non-hydrogen) atoms. The fourth-order valence-electron chi connectivity index (χ4n) is 3.03. The molecule has 1 aliphatic heterocycles. The summed E-state index contributed by atoms with van der Waals surface area (Å²) in [6, 6.07) is 8.25. The second-order valence-corrected chi connectivity index (χ2v) is 6.65. The van der Waals surface area contributed by atoms with Crippen molar-refractivity contribution < 1.29 is 4.74 Å². The smallest absolute Gasteiger partial charge is 0.157 e. The Bertz CT molecular complexity index is 495. The second kappa shape index (κ2) is 6.08. The van der Waals surface area contributed by atoms with Gasteiger partial charge in [0.15, 0.2) is 5.17 Å². The lowest BCUT2D eigenvalue weighted by molar-refractivity contribution is 0.414. The molecule has 1 heterocycles. The van der Waals surface area contributed by atoms with Crippen molar-refractivity contribution in [3.8, 4) is 5.75 Å². The molecule has 2 aliphatic rings. The first kappa shape index (κ1) is 13.8. The molecule has 0 unspecified atom stereocenters. The Morgan fingerprint density at radius 1 is 1.35 bits per heavy atom. The average Bonchev–Trinajstić information content (AvgIpc) is 3.10. The Hall–Kier alpha value is -1.16. The van der Waals surface area contributed by atoms with Crippen molar-refractivity contribution in [1.82, 2.24) is 5.32 Å². The summed E-state index contributed by atoms with van der Waals surface area (Å²) in [5.74, 6) is 2.12. The quantitative estimate of drug-likeness (QED) is 0.924. The van der Waals surface area contributed by atoms with Crippen LogP contribution >= 0.6 is 11.8 Å². The molecule has 4 heteroatoms. The molecule has 1 aromatic rings. The lowest BCUT2D eigenvalue weighted by Crippen LogP contribution is -2.40. The number of hydrogen-bond acceptors (Lipinski definition) is 3. The number of benzene rings is 1. The first-order valence-electron chi connectivity index (χ1n) is 7.38. The third-order valence-electron chi connectivity index (χ3n) is 4.21. The molecule has 1 spiro atoms. The van der Waals surface area contributed by atoms with Gasteiger partial charge in [0.1, 0.15) is 5.75 Å². The minimum Gasteiger partial charge on any atom is -0.497 e. The van der Waals surface area contributed by atoms with Crippen LogP contribution in [0.15, 0.2) is 29.3 Å². The van der Waals surface area contributed by atoms with Gasteiger partial charge in [0.05, 0.1) is 7.11 Å². The molecule has 0 aromatic heterocycles. The molecule has 0 bridgehead atoms. The highest BCUT2D eigenvalue weighted by molar-refractivity contribution is 8.14. The maximum Gasteiger partial charge on any atom is 0.157 e. The van der Waals surface area contributed by atoms with Gasteiger partial charge in [-0.25, -0.2) is 0 Å². The summed E-state index contributed by atoms with van der Waals surface area (Å²) in [7, 11) is 1.71. The normalized spacial score (nSPS) is 22.4. The molecule has 3 nitrogen and oxygen atoms in total. The van der Waals surface area contributed by atoms with Gasteiger partial charge in [-0.2, -0.15) is 0 Å². The molecule has 1 saturated heterocycles. The molecule has 1 N–H and O–H groups in total. The van der Waals surface area contributed by atoms with Gasteiger partial charge in [-0.15, -0.1) is 0 Å². The monoisotopic (exact) mass is 290 g/mol. The topological polar surface area (TPSA) is 33.6 Å². The van der Waals surface area contributed by atoms with Crippen LogP contribution in [0, 0.1) is 0 Å². The van der Waals surface area contributed by atoms with Gasteiger partial charge in [0.25, 0.3) is 0 Å². The number of ether oxygens (including phenoxy) is 1. The summed E-state index contributed by atoms with van der Waals surface area (Å²) in [4.78, 5) is 4.72. The van der Waals surface area contributed by atoms with Crippen molar-refractivity contribution >= 4 is 16.9 Å². The summed E-state index contributed by atoms with van der Waals surface area (Å²) in [5, 5.41) is 4.81. The standard InChI is InChI=1S/C16H22N2OS/c1-19-14-6-4-5-13(11-14)7-10-17-15-18-16(12-20-15)8-2-3-9-16/h4-6,11H,2-3,7-10,12H2,1H3,(H,17,18). The van der Waals surface area contributed by atoms with Crippen LogP contribution in [0.4, 0.5) is 0 Å². The molecule has 2 fully saturated rings. The van der Waals surface area contributed by atoms with Crippen molar-refractivity contribution in [2.45, 2.75) is 37.6 Å². The first-order chi connectivity index (χ1) is 9.80. The van der Waals surface area contributed by atoms with Gasteiger partial charge in [0, 0.05) is 17.8 Å². The Labute approximate surface area is 125 Å². The fourth-order valence-corrected chi connectivity index (χ4v) is 4.27. The molecule has 3 rings (SSSR count). The lowest BCUT2D eigenvalue weighted by atomic mass is 10.0. The van der Waals surface area contributed by atoms with Crippen LogP contribution in [0.1, 0.15) is 31.2 Å². The molecule has 0 amide bonds. The third-order valence-corrected chi connectivity index (χ3v) is 5.41. The highest BCUT2D eigenvalue weighted by atomic mass is 32.2. The van der Waals surface area contributed by atoms with E-state index in [1.165, 1.54) is 37.0 Å². The summed E-state index contributed by atoms with van der Waals surface area (Å²) in [5.41, 5.74) is 1.66. The number of nitrogens with zero attached hydrogens (tertiary/aromatic N) is 1. The lowest BCUT2D eigenvalue weighted by Gasteiger charge is -2.21. The van der Waals surface area contributed by atoms with E-state index < -0.39 is 0 Å². The van der Waals surface area contributed by atoms with Gasteiger partial charge < -0.3 is 10.1 Å². The van der Waals surface area contributed by atoms with E-state index in [-0.39, 0.29) is 0 Å². The second-order valence-electron chi connectivity index (χ2n) is 5.69. The van der Waals surface area contributed by atoms with Gasteiger partial charge in [-0.3, -0.25) is 4.99 Å². The maximum absolute atomic E-state index is 5.25. The molecule has 1 aromatic carbocycles. The predicted octanol–water partition coefficient (Wildman–Crippen LogP) is 3.24. The number of hydrogen-bond donors (Lipinski definition) is 1. The number of thioether (sulfide) groups is 1. The SMILES string of the molecule is COc1cccc(CCN=C2NC3(CCCC3)CS2)c1. The van der Waals surface area contributed by atoms with E-state index in [0.29, 0.717) is 5.54 Å². The average molecular weight is 290 g/mol. The Morgan fingerprint density at radius 2 is 2.20 bits per heavy atom. The van der Waals surface area contributed by atoms with Crippen LogP contribution in [0.3, 0.4) is 0 Å². The van der Waals surface area contributed by atoms with Gasteiger partial charge >= 0.3 is 0 Å². The van der Waals surface area contributed by atoms with Crippen molar-refractivity contribution in [2.24, 2.45) is 4.99 Å². The largest absolute Gasteiger partial charge is 0.497 e. The van der Waals surface area contributed by atoms with E-state index in [9.17, 15) is 0 Å². The Kier molecular flexibility index (Phi) is 4.20. The summed E-state index contributed by atoms with van der Waals surface area (Å²) in [6.07, 6.45) is 6.33. The molecule has 108 valence electrons. The summed E-state index contributed by atoms with van der Waals surface area (Å²) >= 11 is 1.90. The molecule has 0 radical (unpaired) electrons. The highest BCUT2D eigenvalue weighted by Gasteiger charge is 2.39. The minimum absolute atomic E-state index is 0.374. The van der Waals surface area contributed by atoms with E-state index in [0.717, 1.165) is 23.9 Å². The van der Waals surface area contributed by atoms with Crippen LogP contribution in [-0.2, 0) is 6.42 Å². The number of aliphatic imine (C=N–C) groups is 1. The van der Waals surface area contributed by atoms with Gasteiger partial charge in [-0.05, 0) is 37.0 Å². The minimum atomic E-state index is 0.374. The predicted molar refractivity (Wildman–Crippen MR) is 85.8 cm³/mol. The zero-order valence-corrected chi connectivity index (χ0v) is 12.8. The van der Waals surface area contributed by atoms with Crippen LogP contribution < -0.4 is 10.1 Å². The van der Waals surface area contributed by atoms with Crippen LogP contribution in [0.25, 0.3) is 0 Å². The molecule has 1 aliphatic carbocycles. The molecular formula is C16H22N2OS. The number of amidine groups is 1. The van der Waals surface area contributed by atoms with E-state index in [1.54, 1.807) is 7.11 Å². The Morgan fingerprint density at radius 3 is 3.00 bits per heavy atom. The van der Waals surface area contributed by atoms with Crippen LogP contribution in [-0.4, -0.2) is 30.1 Å². The maximum atomic E-state index is 5.25. The molecular weight excluding hydrogens is 268 g/mol. The van der Waals surface area contributed by atoms with Crippen LogP contribution in [0.5, 0.6) is 5.75 Å². The van der Waals surface area contributed by atoms with E-state index in [2.05, 4.69) is 17.4 Å². The Balaban J connectivity index is 1.53. The number of nitrogens with one attached hydrogen (secondary N) is 1. The third kappa shape index (κ3) is 3.11. The van der Waals surface area contributed by atoms with Crippen molar-refractivity contribution in [3.63, 3.8) is 0 Å². The van der Waals surface area contributed by atoms with E-state index in [4.69, 9.17) is 9.73 Å². The summed E-state index contributed by atoms with van der Waals surface area (Å²) < 4.78 is 5.25. The van der Waals surface area contributed by atoms with Crippen molar-refractivity contribution in [3.05, 3.63) is 29.8 Å². The number of methoxy groups -OCH3 is 1. The van der Waals surface area contributed by atoms with Crippen LogP contribution in [0.2, 0.25) is 0 Å². The molecule has 1 saturated carbocycles. The van der Waals surface area contributed by atoms with Crippen molar-refractivity contribution in [1.29, 1.82) is 0 Å². The summed E-state index contributed by atoms with van der Waals surface area (Å²) in [6.45, 7) is 0.846. The van der Waals surface area contributed by atoms with Gasteiger partial charge in [-0.1, -0.05) is 36.7 Å².